The fourth-order valence-corrected chi connectivity index (χ4v) is 2.62. The van der Waals surface area contributed by atoms with Crippen molar-refractivity contribution in [2.75, 3.05) is 6.61 Å². The minimum atomic E-state index is -0.0396. The summed E-state index contributed by atoms with van der Waals surface area (Å²) in [5, 5.41) is 9.19. The van der Waals surface area contributed by atoms with E-state index in [4.69, 9.17) is 4.74 Å². The average Bonchev–Trinajstić information content (AvgIpc) is 2.38. The van der Waals surface area contributed by atoms with Crippen LogP contribution in [0.25, 0.3) is 0 Å². The molecule has 0 saturated carbocycles. The first-order chi connectivity index (χ1) is 9.08. The van der Waals surface area contributed by atoms with Crippen LogP contribution in [-0.2, 0) is 4.74 Å². The summed E-state index contributed by atoms with van der Waals surface area (Å²) in [6.07, 6.45) is 12.5. The maximum atomic E-state index is 9.19. The molecule has 0 aromatic heterocycles. The highest BCUT2D eigenvalue weighted by Crippen LogP contribution is 2.27. The van der Waals surface area contributed by atoms with E-state index in [0.29, 0.717) is 0 Å². The third kappa shape index (κ3) is 10.4. The van der Waals surface area contributed by atoms with Crippen molar-refractivity contribution in [2.24, 2.45) is 0 Å². The van der Waals surface area contributed by atoms with Crippen molar-refractivity contribution in [1.29, 1.82) is 0 Å². The lowest BCUT2D eigenvalue weighted by atomic mass is 9.91. The van der Waals surface area contributed by atoms with Gasteiger partial charge in [0, 0.05) is 0 Å². The van der Waals surface area contributed by atoms with E-state index in [9.17, 15) is 5.11 Å². The number of hydrogen-bond donors (Lipinski definition) is 1. The normalized spacial score (nSPS) is 16.3. The predicted octanol–water partition coefficient (Wildman–Crippen LogP) is 5.08. The zero-order chi connectivity index (χ0) is 14.6. The molecule has 0 radical (unpaired) electrons. The molecule has 0 bridgehead atoms. The maximum Gasteiger partial charge on any atom is 0.0785 e. The van der Waals surface area contributed by atoms with Gasteiger partial charge in [0.15, 0.2) is 0 Å². The Hall–Kier alpha value is -0.0800. The SMILES string of the molecule is CCCCCCCC(C)(CCCCC)O[C@H](C)CO. The van der Waals surface area contributed by atoms with Crippen LogP contribution >= 0.6 is 0 Å². The summed E-state index contributed by atoms with van der Waals surface area (Å²) in [6.45, 7) is 8.81. The van der Waals surface area contributed by atoms with Crippen molar-refractivity contribution in [2.45, 2.75) is 104 Å². The van der Waals surface area contributed by atoms with Crippen LogP contribution in [0.1, 0.15) is 91.9 Å². The van der Waals surface area contributed by atoms with Crippen LogP contribution < -0.4 is 0 Å². The molecule has 0 fully saturated rings. The second-order valence-electron chi connectivity index (χ2n) is 6.18. The van der Waals surface area contributed by atoms with Crippen LogP contribution in [0.5, 0.6) is 0 Å². The minimum absolute atomic E-state index is 0.0382. The molecule has 2 heteroatoms. The fourth-order valence-electron chi connectivity index (χ4n) is 2.62. The fraction of sp³-hybridized carbons (Fsp3) is 1.00. The number of rotatable bonds is 13. The van der Waals surface area contributed by atoms with Crippen molar-refractivity contribution >= 4 is 0 Å². The summed E-state index contributed by atoms with van der Waals surface area (Å²) in [5.41, 5.74) is -0.0382. The van der Waals surface area contributed by atoms with Gasteiger partial charge in [0.2, 0.25) is 0 Å². The number of aliphatic hydroxyl groups is 1. The Morgan fingerprint density at radius 2 is 1.37 bits per heavy atom. The van der Waals surface area contributed by atoms with Gasteiger partial charge in [0.1, 0.15) is 0 Å². The lowest BCUT2D eigenvalue weighted by Gasteiger charge is -2.33. The molecule has 0 heterocycles. The van der Waals surface area contributed by atoms with E-state index in [0.717, 1.165) is 12.8 Å². The summed E-state index contributed by atoms with van der Waals surface area (Å²) >= 11 is 0. The number of aliphatic hydroxyl groups excluding tert-OH is 1. The van der Waals surface area contributed by atoms with Gasteiger partial charge in [0.05, 0.1) is 18.3 Å². The van der Waals surface area contributed by atoms with Crippen molar-refractivity contribution in [3.63, 3.8) is 0 Å². The summed E-state index contributed by atoms with van der Waals surface area (Å²) < 4.78 is 6.09. The molecule has 0 aliphatic rings. The second-order valence-corrected chi connectivity index (χ2v) is 6.18. The first-order valence-corrected chi connectivity index (χ1v) is 8.36. The van der Waals surface area contributed by atoms with Gasteiger partial charge in [-0.1, -0.05) is 65.2 Å². The monoisotopic (exact) mass is 272 g/mol. The first kappa shape index (κ1) is 18.9. The van der Waals surface area contributed by atoms with Gasteiger partial charge in [-0.25, -0.2) is 0 Å². The van der Waals surface area contributed by atoms with E-state index in [1.165, 1.54) is 51.4 Å². The van der Waals surface area contributed by atoms with E-state index in [2.05, 4.69) is 20.8 Å². The molecule has 0 amide bonds. The summed E-state index contributed by atoms with van der Waals surface area (Å²) in [7, 11) is 0. The van der Waals surface area contributed by atoms with Gasteiger partial charge in [0.25, 0.3) is 0 Å². The van der Waals surface area contributed by atoms with Crippen molar-refractivity contribution in [3.05, 3.63) is 0 Å². The van der Waals surface area contributed by atoms with Crippen LogP contribution in [0, 0.1) is 0 Å². The summed E-state index contributed by atoms with van der Waals surface area (Å²) in [4.78, 5) is 0. The van der Waals surface area contributed by atoms with E-state index >= 15 is 0 Å². The first-order valence-electron chi connectivity index (χ1n) is 8.36. The Balaban J connectivity index is 4.07. The highest BCUT2D eigenvalue weighted by atomic mass is 16.5. The van der Waals surface area contributed by atoms with Crippen LogP contribution in [-0.4, -0.2) is 23.4 Å². The van der Waals surface area contributed by atoms with E-state index in [1.54, 1.807) is 0 Å². The molecule has 0 aliphatic heterocycles. The highest BCUT2D eigenvalue weighted by Gasteiger charge is 2.26. The highest BCUT2D eigenvalue weighted by molar-refractivity contribution is 4.77. The molecule has 1 unspecified atom stereocenters. The predicted molar refractivity (Wildman–Crippen MR) is 83.6 cm³/mol. The smallest absolute Gasteiger partial charge is 0.0785 e. The van der Waals surface area contributed by atoms with Crippen molar-refractivity contribution < 1.29 is 9.84 Å². The third-order valence-corrected chi connectivity index (χ3v) is 3.86. The molecule has 116 valence electrons. The molecule has 0 aromatic carbocycles. The van der Waals surface area contributed by atoms with E-state index in [-0.39, 0.29) is 18.3 Å². The average molecular weight is 272 g/mol. The molecule has 0 spiro atoms. The van der Waals surface area contributed by atoms with Crippen LogP contribution in [0.4, 0.5) is 0 Å². The quantitative estimate of drug-likeness (QED) is 0.474. The Morgan fingerprint density at radius 1 is 0.895 bits per heavy atom. The molecule has 0 aliphatic carbocycles. The van der Waals surface area contributed by atoms with Crippen molar-refractivity contribution in [3.8, 4) is 0 Å². The van der Waals surface area contributed by atoms with Gasteiger partial charge in [-0.05, 0) is 26.7 Å². The van der Waals surface area contributed by atoms with Crippen LogP contribution in [0.2, 0.25) is 0 Å². The third-order valence-electron chi connectivity index (χ3n) is 3.86. The van der Waals surface area contributed by atoms with Crippen LogP contribution in [0.3, 0.4) is 0 Å². The summed E-state index contributed by atoms with van der Waals surface area (Å²) in [6, 6.07) is 0. The Labute approximate surface area is 120 Å². The van der Waals surface area contributed by atoms with Crippen molar-refractivity contribution in [1.82, 2.24) is 0 Å². The maximum absolute atomic E-state index is 9.19. The Kier molecular flexibility index (Phi) is 11.7. The van der Waals surface area contributed by atoms with Gasteiger partial charge < -0.3 is 9.84 Å². The second kappa shape index (κ2) is 11.7. The molecule has 19 heavy (non-hydrogen) atoms. The molecule has 0 rings (SSSR count). The van der Waals surface area contributed by atoms with E-state index in [1.807, 2.05) is 6.92 Å². The number of unbranched alkanes of at least 4 members (excludes halogenated alkanes) is 6. The molecule has 2 atom stereocenters. The Morgan fingerprint density at radius 3 is 1.89 bits per heavy atom. The van der Waals surface area contributed by atoms with Gasteiger partial charge in [-0.2, -0.15) is 0 Å². The number of hydrogen-bond acceptors (Lipinski definition) is 2. The lowest BCUT2D eigenvalue weighted by molar-refractivity contribution is -0.103. The molecule has 0 saturated heterocycles. The molecule has 2 nitrogen and oxygen atoms in total. The summed E-state index contributed by atoms with van der Waals surface area (Å²) in [5.74, 6) is 0. The topological polar surface area (TPSA) is 29.5 Å². The zero-order valence-electron chi connectivity index (χ0n) is 13.7. The molecule has 0 aromatic rings. The lowest BCUT2D eigenvalue weighted by Crippen LogP contribution is -2.34. The molecular weight excluding hydrogens is 236 g/mol. The molecular formula is C17H36O2. The Bertz CT molecular complexity index is 194. The standard InChI is InChI=1S/C17H36O2/c1-5-7-9-10-12-14-17(4,13-11-8-6-2)19-16(3)15-18/h16,18H,5-15H2,1-4H3/t16-,17?/m1/s1. The van der Waals surface area contributed by atoms with Gasteiger partial charge in [-0.3, -0.25) is 0 Å². The van der Waals surface area contributed by atoms with Gasteiger partial charge >= 0.3 is 0 Å². The largest absolute Gasteiger partial charge is 0.394 e. The van der Waals surface area contributed by atoms with Crippen LogP contribution in [0.15, 0.2) is 0 Å². The van der Waals surface area contributed by atoms with Gasteiger partial charge in [-0.15, -0.1) is 0 Å². The zero-order valence-corrected chi connectivity index (χ0v) is 13.7. The minimum Gasteiger partial charge on any atom is -0.394 e. The van der Waals surface area contributed by atoms with E-state index < -0.39 is 0 Å². The number of ether oxygens (including phenoxy) is 1. The molecule has 1 N–H and O–H groups in total.